The third kappa shape index (κ3) is 3.03. The van der Waals surface area contributed by atoms with Crippen molar-refractivity contribution in [1.29, 1.82) is 5.26 Å². The fraction of sp³-hybridized carbons (Fsp3) is 0.176. The first kappa shape index (κ1) is 14.6. The molecule has 0 aromatic heterocycles. The van der Waals surface area contributed by atoms with Gasteiger partial charge in [0.2, 0.25) is 0 Å². The van der Waals surface area contributed by atoms with Crippen LogP contribution in [0.5, 0.6) is 5.75 Å². The Balaban J connectivity index is 2.48. The number of rotatable bonds is 4. The van der Waals surface area contributed by atoms with Gasteiger partial charge in [-0.15, -0.1) is 0 Å². The number of aromatic carboxylic acids is 1. The van der Waals surface area contributed by atoms with Gasteiger partial charge in [-0.3, -0.25) is 0 Å². The summed E-state index contributed by atoms with van der Waals surface area (Å²) in [5.74, 6) is -0.788. The van der Waals surface area contributed by atoms with Gasteiger partial charge in [-0.1, -0.05) is 18.2 Å². The number of carboxylic acid groups (broad SMARTS) is 1. The van der Waals surface area contributed by atoms with Crippen molar-refractivity contribution in [3.8, 4) is 11.8 Å². The van der Waals surface area contributed by atoms with Crippen molar-refractivity contribution in [2.75, 3.05) is 7.11 Å². The molecule has 0 spiro atoms. The molecule has 4 heteroatoms. The largest absolute Gasteiger partial charge is 0.497 e. The number of methoxy groups -OCH3 is 1. The van der Waals surface area contributed by atoms with Crippen LogP contribution in [-0.4, -0.2) is 18.2 Å². The Hall–Kier alpha value is -2.80. The van der Waals surface area contributed by atoms with Crippen molar-refractivity contribution in [1.82, 2.24) is 0 Å². The van der Waals surface area contributed by atoms with Crippen molar-refractivity contribution in [3.63, 3.8) is 0 Å². The molecule has 0 fully saturated rings. The number of carbonyl (C=O) groups is 1. The van der Waals surface area contributed by atoms with Crippen LogP contribution >= 0.6 is 0 Å². The van der Waals surface area contributed by atoms with Crippen LogP contribution in [-0.2, 0) is 0 Å². The molecule has 2 rings (SSSR count). The van der Waals surface area contributed by atoms with Gasteiger partial charge in [0.25, 0.3) is 0 Å². The molecular weight excluding hydrogens is 266 g/mol. The Morgan fingerprint density at radius 2 is 1.90 bits per heavy atom. The fourth-order valence-corrected chi connectivity index (χ4v) is 2.20. The summed E-state index contributed by atoms with van der Waals surface area (Å²) >= 11 is 0. The molecule has 0 radical (unpaired) electrons. The minimum absolute atomic E-state index is 0.185. The standard InChI is InChI=1S/C17H15NO3/c1-11-3-4-13(17(19)20)9-15(11)16(10-18)12-5-7-14(21-2)8-6-12/h3-9,16H,1-2H3,(H,19,20). The molecule has 106 valence electrons. The van der Waals surface area contributed by atoms with E-state index in [9.17, 15) is 10.1 Å². The molecule has 0 saturated carbocycles. The fourth-order valence-electron chi connectivity index (χ4n) is 2.20. The summed E-state index contributed by atoms with van der Waals surface area (Å²) in [7, 11) is 1.58. The van der Waals surface area contributed by atoms with Crippen LogP contribution in [0.25, 0.3) is 0 Å². The van der Waals surface area contributed by atoms with E-state index in [0.717, 1.165) is 11.1 Å². The molecule has 0 aliphatic rings. The molecule has 0 amide bonds. The summed E-state index contributed by atoms with van der Waals surface area (Å²) in [6.45, 7) is 1.87. The summed E-state index contributed by atoms with van der Waals surface area (Å²) in [4.78, 5) is 11.1. The maximum absolute atomic E-state index is 11.1. The Bertz CT molecular complexity index is 699. The van der Waals surface area contributed by atoms with Gasteiger partial charge in [-0.2, -0.15) is 5.26 Å². The Morgan fingerprint density at radius 1 is 1.24 bits per heavy atom. The van der Waals surface area contributed by atoms with E-state index in [1.54, 1.807) is 37.4 Å². The SMILES string of the molecule is COc1ccc(C(C#N)c2cc(C(=O)O)ccc2C)cc1. The van der Waals surface area contributed by atoms with E-state index in [2.05, 4.69) is 6.07 Å². The van der Waals surface area contributed by atoms with E-state index in [1.807, 2.05) is 19.1 Å². The first-order chi connectivity index (χ1) is 10.1. The van der Waals surface area contributed by atoms with Gasteiger partial charge in [-0.05, 0) is 47.9 Å². The van der Waals surface area contributed by atoms with Crippen LogP contribution in [0.3, 0.4) is 0 Å². The second kappa shape index (κ2) is 6.10. The number of nitriles is 1. The van der Waals surface area contributed by atoms with E-state index in [0.29, 0.717) is 11.3 Å². The molecule has 0 aliphatic heterocycles. The lowest BCUT2D eigenvalue weighted by atomic mass is 9.88. The van der Waals surface area contributed by atoms with Crippen LogP contribution < -0.4 is 4.74 Å². The summed E-state index contributed by atoms with van der Waals surface area (Å²) in [6, 6.07) is 14.3. The van der Waals surface area contributed by atoms with Gasteiger partial charge in [0.05, 0.1) is 24.7 Å². The number of nitrogens with zero attached hydrogens (tertiary/aromatic N) is 1. The maximum Gasteiger partial charge on any atom is 0.335 e. The molecule has 2 aromatic rings. The zero-order chi connectivity index (χ0) is 15.4. The molecule has 1 unspecified atom stereocenters. The number of carboxylic acids is 1. The van der Waals surface area contributed by atoms with Gasteiger partial charge >= 0.3 is 5.97 Å². The predicted octanol–water partition coefficient (Wildman–Crippen LogP) is 3.36. The van der Waals surface area contributed by atoms with Gasteiger partial charge < -0.3 is 9.84 Å². The van der Waals surface area contributed by atoms with Crippen molar-refractivity contribution in [2.45, 2.75) is 12.8 Å². The van der Waals surface area contributed by atoms with Crippen LogP contribution in [0, 0.1) is 18.3 Å². The predicted molar refractivity (Wildman–Crippen MR) is 78.6 cm³/mol. The second-order valence-corrected chi connectivity index (χ2v) is 4.71. The minimum atomic E-state index is -0.998. The van der Waals surface area contributed by atoms with Crippen LogP contribution in [0.2, 0.25) is 0 Å². The van der Waals surface area contributed by atoms with Gasteiger partial charge in [0, 0.05) is 0 Å². The molecule has 21 heavy (non-hydrogen) atoms. The highest BCUT2D eigenvalue weighted by atomic mass is 16.5. The van der Waals surface area contributed by atoms with Crippen LogP contribution in [0.4, 0.5) is 0 Å². The second-order valence-electron chi connectivity index (χ2n) is 4.71. The number of aryl methyl sites for hydroxylation is 1. The highest BCUT2D eigenvalue weighted by molar-refractivity contribution is 5.88. The van der Waals surface area contributed by atoms with E-state index in [4.69, 9.17) is 9.84 Å². The summed E-state index contributed by atoms with van der Waals surface area (Å²) in [6.07, 6.45) is 0. The third-order valence-electron chi connectivity index (χ3n) is 3.42. The van der Waals surface area contributed by atoms with Crippen molar-refractivity contribution < 1.29 is 14.6 Å². The minimum Gasteiger partial charge on any atom is -0.497 e. The van der Waals surface area contributed by atoms with Crippen molar-refractivity contribution >= 4 is 5.97 Å². The van der Waals surface area contributed by atoms with Gasteiger partial charge in [0.1, 0.15) is 5.75 Å². The lowest BCUT2D eigenvalue weighted by Gasteiger charge is -2.14. The summed E-state index contributed by atoms with van der Waals surface area (Å²) in [5, 5.41) is 18.6. The van der Waals surface area contributed by atoms with E-state index in [-0.39, 0.29) is 5.56 Å². The smallest absolute Gasteiger partial charge is 0.335 e. The highest BCUT2D eigenvalue weighted by Gasteiger charge is 2.17. The number of ether oxygens (including phenoxy) is 1. The third-order valence-corrected chi connectivity index (χ3v) is 3.42. The lowest BCUT2D eigenvalue weighted by Crippen LogP contribution is -2.04. The van der Waals surface area contributed by atoms with Crippen LogP contribution in [0.15, 0.2) is 42.5 Å². The average molecular weight is 281 g/mol. The number of hydrogen-bond acceptors (Lipinski definition) is 3. The Kier molecular flexibility index (Phi) is 4.24. The zero-order valence-electron chi connectivity index (χ0n) is 11.8. The highest BCUT2D eigenvalue weighted by Crippen LogP contribution is 2.28. The van der Waals surface area contributed by atoms with E-state index < -0.39 is 11.9 Å². The monoisotopic (exact) mass is 281 g/mol. The van der Waals surface area contributed by atoms with Crippen molar-refractivity contribution in [3.05, 3.63) is 64.7 Å². The quantitative estimate of drug-likeness (QED) is 0.932. The summed E-state index contributed by atoms with van der Waals surface area (Å²) in [5.41, 5.74) is 2.60. The first-order valence-corrected chi connectivity index (χ1v) is 6.44. The number of benzene rings is 2. The molecule has 4 nitrogen and oxygen atoms in total. The first-order valence-electron chi connectivity index (χ1n) is 6.44. The molecule has 0 heterocycles. The molecule has 1 atom stereocenters. The lowest BCUT2D eigenvalue weighted by molar-refractivity contribution is 0.0696. The van der Waals surface area contributed by atoms with E-state index >= 15 is 0 Å². The molecule has 2 aromatic carbocycles. The van der Waals surface area contributed by atoms with Crippen LogP contribution in [0.1, 0.15) is 33.0 Å². The molecule has 0 aliphatic carbocycles. The molecule has 0 bridgehead atoms. The topological polar surface area (TPSA) is 70.3 Å². The van der Waals surface area contributed by atoms with Gasteiger partial charge in [-0.25, -0.2) is 4.79 Å². The van der Waals surface area contributed by atoms with E-state index in [1.165, 1.54) is 0 Å². The van der Waals surface area contributed by atoms with Gasteiger partial charge in [0.15, 0.2) is 0 Å². The summed E-state index contributed by atoms with van der Waals surface area (Å²) < 4.78 is 5.10. The Morgan fingerprint density at radius 3 is 2.43 bits per heavy atom. The zero-order valence-corrected chi connectivity index (χ0v) is 11.8. The van der Waals surface area contributed by atoms with Crippen molar-refractivity contribution in [2.24, 2.45) is 0 Å². The molecule has 0 saturated heterocycles. The number of hydrogen-bond donors (Lipinski definition) is 1. The average Bonchev–Trinajstić information content (AvgIpc) is 2.50. The maximum atomic E-state index is 11.1. The Labute approximate surface area is 123 Å². The molecular formula is C17H15NO3. The molecule has 1 N–H and O–H groups in total. The normalized spacial score (nSPS) is 11.5.